The molecule has 0 radical (unpaired) electrons. The van der Waals surface area contributed by atoms with E-state index in [1.54, 1.807) is 13.8 Å². The Bertz CT molecular complexity index is 480. The fourth-order valence-electron chi connectivity index (χ4n) is 2.83. The molecule has 0 heterocycles. The summed E-state index contributed by atoms with van der Waals surface area (Å²) in [5.41, 5.74) is 11.2. The highest BCUT2D eigenvalue weighted by molar-refractivity contribution is 5.94. The Morgan fingerprint density at radius 2 is 1.56 bits per heavy atom. The van der Waals surface area contributed by atoms with Crippen LogP contribution in [0.2, 0.25) is 0 Å². The highest BCUT2D eigenvalue weighted by atomic mass is 16.3. The van der Waals surface area contributed by atoms with Crippen molar-refractivity contribution in [3.63, 3.8) is 0 Å². The first-order chi connectivity index (χ1) is 12.5. The van der Waals surface area contributed by atoms with Crippen LogP contribution in [0.4, 0.5) is 0 Å². The van der Waals surface area contributed by atoms with E-state index in [2.05, 4.69) is 10.6 Å². The van der Waals surface area contributed by atoms with Crippen molar-refractivity contribution in [2.45, 2.75) is 72.1 Å². The molecule has 0 rings (SSSR count). The van der Waals surface area contributed by atoms with Gasteiger partial charge in [-0.15, -0.1) is 0 Å². The second kappa shape index (κ2) is 12.8. The lowest BCUT2D eigenvalue weighted by Gasteiger charge is -2.27. The summed E-state index contributed by atoms with van der Waals surface area (Å²) >= 11 is 0. The van der Waals surface area contributed by atoms with Crippen LogP contribution in [0.25, 0.3) is 0 Å². The van der Waals surface area contributed by atoms with E-state index in [1.807, 2.05) is 13.8 Å². The minimum Gasteiger partial charge on any atom is -0.391 e. The Kier molecular flexibility index (Phi) is 12.1. The molecule has 1 unspecified atom stereocenters. The van der Waals surface area contributed by atoms with Crippen LogP contribution in [0.15, 0.2) is 0 Å². The second-order valence-corrected chi connectivity index (χ2v) is 7.84. The van der Waals surface area contributed by atoms with E-state index in [-0.39, 0.29) is 30.1 Å². The van der Waals surface area contributed by atoms with Crippen LogP contribution >= 0.6 is 0 Å². The largest absolute Gasteiger partial charge is 0.391 e. The zero-order valence-electron chi connectivity index (χ0n) is 17.3. The van der Waals surface area contributed by atoms with Gasteiger partial charge in [-0.2, -0.15) is 0 Å². The second-order valence-electron chi connectivity index (χ2n) is 7.84. The molecule has 4 atom stereocenters. The van der Waals surface area contributed by atoms with Gasteiger partial charge in [0.25, 0.3) is 0 Å². The Labute approximate surface area is 162 Å². The van der Waals surface area contributed by atoms with Crippen LogP contribution in [0.3, 0.4) is 0 Å². The number of hydrogen-bond acceptors (Lipinski definition) is 6. The van der Waals surface area contributed by atoms with E-state index in [1.165, 1.54) is 6.92 Å². The topological polar surface area (TPSA) is 148 Å². The number of nitrogens with two attached hydrogens (primary N) is 2. The third kappa shape index (κ3) is 9.30. The van der Waals surface area contributed by atoms with Gasteiger partial charge in [0.05, 0.1) is 18.1 Å². The Hall–Kier alpha value is -1.51. The zero-order chi connectivity index (χ0) is 21.1. The number of carbonyl (C=O) groups excluding carboxylic acids is 3. The predicted molar refractivity (Wildman–Crippen MR) is 106 cm³/mol. The van der Waals surface area contributed by atoms with Gasteiger partial charge in [0.15, 0.2) is 5.78 Å². The molecule has 0 aliphatic heterocycles. The number of aliphatic hydroxyl groups excluding tert-OH is 1. The van der Waals surface area contributed by atoms with E-state index in [0.717, 1.165) is 0 Å². The van der Waals surface area contributed by atoms with Gasteiger partial charge in [-0.05, 0) is 38.6 Å². The van der Waals surface area contributed by atoms with Crippen molar-refractivity contribution in [1.29, 1.82) is 0 Å². The monoisotopic (exact) mass is 386 g/mol. The van der Waals surface area contributed by atoms with E-state index in [0.29, 0.717) is 25.8 Å². The molecule has 0 saturated heterocycles. The minimum atomic E-state index is -1.15. The molecule has 8 heteroatoms. The molecule has 0 fully saturated rings. The van der Waals surface area contributed by atoms with Crippen molar-refractivity contribution < 1.29 is 19.5 Å². The molecule has 7 N–H and O–H groups in total. The van der Waals surface area contributed by atoms with Gasteiger partial charge < -0.3 is 27.2 Å². The summed E-state index contributed by atoms with van der Waals surface area (Å²) in [5.74, 6) is -1.49. The van der Waals surface area contributed by atoms with Crippen LogP contribution < -0.4 is 22.1 Å². The summed E-state index contributed by atoms with van der Waals surface area (Å²) in [6.45, 7) is 9.46. The quantitative estimate of drug-likeness (QED) is 0.299. The lowest BCUT2D eigenvalue weighted by atomic mass is 9.95. The smallest absolute Gasteiger partial charge is 0.245 e. The zero-order valence-corrected chi connectivity index (χ0v) is 17.3. The van der Waals surface area contributed by atoms with Gasteiger partial charge in [-0.1, -0.05) is 27.7 Å². The molecule has 158 valence electrons. The summed E-state index contributed by atoms with van der Waals surface area (Å²) in [4.78, 5) is 37.5. The average molecular weight is 387 g/mol. The molecule has 0 saturated carbocycles. The summed E-state index contributed by atoms with van der Waals surface area (Å²) in [6.07, 6.45) is 0.467. The number of hydrogen-bond donors (Lipinski definition) is 5. The highest BCUT2D eigenvalue weighted by Gasteiger charge is 2.31. The molecule has 0 bridgehead atoms. The van der Waals surface area contributed by atoms with E-state index < -0.39 is 30.0 Å². The van der Waals surface area contributed by atoms with Gasteiger partial charge in [0.2, 0.25) is 11.8 Å². The van der Waals surface area contributed by atoms with Gasteiger partial charge in [-0.25, -0.2) is 0 Å². The summed E-state index contributed by atoms with van der Waals surface area (Å²) in [7, 11) is 0. The molecule has 0 spiro atoms. The molecule has 0 aliphatic carbocycles. The van der Waals surface area contributed by atoms with E-state index >= 15 is 0 Å². The van der Waals surface area contributed by atoms with Crippen LogP contribution in [-0.4, -0.2) is 54.0 Å². The predicted octanol–water partition coefficient (Wildman–Crippen LogP) is -0.0782. The number of aliphatic hydroxyl groups is 1. The number of Topliss-reactive ketones (excluding diaryl/α,β-unsaturated/α-hetero) is 1. The van der Waals surface area contributed by atoms with E-state index in [9.17, 15) is 19.5 Å². The number of rotatable bonds is 13. The lowest BCUT2D eigenvalue weighted by Crippen LogP contribution is -2.57. The summed E-state index contributed by atoms with van der Waals surface area (Å²) in [5, 5.41) is 15.2. The van der Waals surface area contributed by atoms with Gasteiger partial charge in [0, 0.05) is 12.5 Å². The molecular formula is C19H38N4O4. The maximum absolute atomic E-state index is 12.7. The van der Waals surface area contributed by atoms with Crippen LogP contribution in [0.5, 0.6) is 0 Å². The minimum absolute atomic E-state index is 0.105. The number of ketones is 1. The van der Waals surface area contributed by atoms with Crippen molar-refractivity contribution in [1.82, 2.24) is 10.6 Å². The Morgan fingerprint density at radius 3 is 1.96 bits per heavy atom. The molecule has 8 nitrogen and oxygen atoms in total. The fourth-order valence-corrected chi connectivity index (χ4v) is 2.83. The molecule has 0 aromatic heterocycles. The van der Waals surface area contributed by atoms with Crippen LogP contribution in [-0.2, 0) is 14.4 Å². The Balaban J connectivity index is 5.18. The van der Waals surface area contributed by atoms with Crippen LogP contribution in [0, 0.1) is 17.8 Å². The maximum Gasteiger partial charge on any atom is 0.245 e. The van der Waals surface area contributed by atoms with Crippen molar-refractivity contribution >= 4 is 17.6 Å². The van der Waals surface area contributed by atoms with Crippen LogP contribution in [0.1, 0.15) is 53.9 Å². The van der Waals surface area contributed by atoms with Crippen molar-refractivity contribution in [3.05, 3.63) is 0 Å². The standard InChI is InChI=1S/C19H38N4O4/c1-11(2)9-14(10-21)18(26)23-16(13(5)24)19(27)22-15(7-6-8-20)17(25)12(3)4/h11-16,24H,6-10,20-21H2,1-5H3,(H,22,27)(H,23,26)/t13-,14?,15-,16-/m0/s1. The average Bonchev–Trinajstić information content (AvgIpc) is 2.59. The third-order valence-electron chi connectivity index (χ3n) is 4.40. The highest BCUT2D eigenvalue weighted by Crippen LogP contribution is 2.12. The van der Waals surface area contributed by atoms with Gasteiger partial charge in [-0.3, -0.25) is 14.4 Å². The molecule has 2 amide bonds. The SMILES string of the molecule is CC(C)CC(CN)C(=O)N[C@H](C(=O)N[C@@H](CCCN)C(=O)C(C)C)[C@H](C)O. The van der Waals surface area contributed by atoms with Crippen molar-refractivity contribution in [2.75, 3.05) is 13.1 Å². The van der Waals surface area contributed by atoms with Crippen molar-refractivity contribution in [2.24, 2.45) is 29.2 Å². The first kappa shape index (κ1) is 25.5. The number of carbonyl (C=O) groups is 3. The first-order valence-corrected chi connectivity index (χ1v) is 9.77. The normalized spacial score (nSPS) is 15.9. The first-order valence-electron chi connectivity index (χ1n) is 9.77. The maximum atomic E-state index is 12.7. The summed E-state index contributed by atoms with van der Waals surface area (Å²) < 4.78 is 0. The Morgan fingerprint density at radius 1 is 0.963 bits per heavy atom. The lowest BCUT2D eigenvalue weighted by molar-refractivity contribution is -0.135. The molecule has 0 aliphatic rings. The van der Waals surface area contributed by atoms with Gasteiger partial charge >= 0.3 is 0 Å². The van der Waals surface area contributed by atoms with Crippen molar-refractivity contribution in [3.8, 4) is 0 Å². The molecular weight excluding hydrogens is 348 g/mol. The summed E-state index contributed by atoms with van der Waals surface area (Å²) in [6, 6.07) is -1.85. The van der Waals surface area contributed by atoms with Gasteiger partial charge in [0.1, 0.15) is 6.04 Å². The molecule has 0 aromatic rings. The molecule has 27 heavy (non-hydrogen) atoms. The fraction of sp³-hybridized carbons (Fsp3) is 0.842. The third-order valence-corrected chi connectivity index (χ3v) is 4.40. The van der Waals surface area contributed by atoms with E-state index in [4.69, 9.17) is 11.5 Å². The number of nitrogens with one attached hydrogen (secondary N) is 2. The molecule has 0 aromatic carbocycles. The number of amides is 2.